The Kier molecular flexibility index (Phi) is 6.99. The molecule has 1 aromatic rings. The second kappa shape index (κ2) is 8.99. The smallest absolute Gasteiger partial charge is 0.310 e. The lowest BCUT2D eigenvalue weighted by Crippen LogP contribution is -2.43. The van der Waals surface area contributed by atoms with Gasteiger partial charge in [0.15, 0.2) is 9.84 Å². The molecule has 0 radical (unpaired) electrons. The fourth-order valence-electron chi connectivity index (χ4n) is 2.96. The average Bonchev–Trinajstić information content (AvgIpc) is 2.60. The van der Waals surface area contributed by atoms with Crippen molar-refractivity contribution in [2.75, 3.05) is 25.4 Å². The van der Waals surface area contributed by atoms with Crippen LogP contribution >= 0.6 is 0 Å². The van der Waals surface area contributed by atoms with Crippen LogP contribution in [-0.4, -0.2) is 50.6 Å². The monoisotopic (exact) mass is 367 g/mol. The van der Waals surface area contributed by atoms with E-state index in [1.54, 1.807) is 36.1 Å². The zero-order chi connectivity index (χ0) is 18.3. The molecule has 6 nitrogen and oxygen atoms in total. The van der Waals surface area contributed by atoms with Crippen LogP contribution in [0.25, 0.3) is 0 Å². The number of hydrogen-bond donors (Lipinski definition) is 0. The molecule has 1 aliphatic rings. The molecule has 0 bridgehead atoms. The van der Waals surface area contributed by atoms with Crippen LogP contribution in [0.3, 0.4) is 0 Å². The lowest BCUT2D eigenvalue weighted by atomic mass is 9.98. The van der Waals surface area contributed by atoms with Crippen molar-refractivity contribution in [2.24, 2.45) is 5.92 Å². The van der Waals surface area contributed by atoms with Crippen LogP contribution in [0.4, 0.5) is 0 Å². The SMILES string of the molecule is CCOC(=O)C1CCCN(C(=O)CCS(=O)(=O)Cc2ccccc2)C1. The van der Waals surface area contributed by atoms with Gasteiger partial charge in [0.25, 0.3) is 0 Å². The van der Waals surface area contributed by atoms with Gasteiger partial charge in [0, 0.05) is 19.5 Å². The van der Waals surface area contributed by atoms with E-state index < -0.39 is 9.84 Å². The van der Waals surface area contributed by atoms with Crippen LogP contribution in [0.15, 0.2) is 30.3 Å². The van der Waals surface area contributed by atoms with E-state index >= 15 is 0 Å². The number of nitrogens with zero attached hydrogens (tertiary/aromatic N) is 1. The molecule has 1 fully saturated rings. The summed E-state index contributed by atoms with van der Waals surface area (Å²) in [6, 6.07) is 8.93. The Morgan fingerprint density at radius 3 is 2.64 bits per heavy atom. The summed E-state index contributed by atoms with van der Waals surface area (Å²) in [6.45, 7) is 2.95. The van der Waals surface area contributed by atoms with Gasteiger partial charge < -0.3 is 9.64 Å². The zero-order valence-electron chi connectivity index (χ0n) is 14.5. The topological polar surface area (TPSA) is 80.8 Å². The third-order valence-corrected chi connectivity index (χ3v) is 5.85. The molecule has 2 rings (SSSR count). The van der Waals surface area contributed by atoms with E-state index in [9.17, 15) is 18.0 Å². The first-order chi connectivity index (χ1) is 11.9. The summed E-state index contributed by atoms with van der Waals surface area (Å²) in [7, 11) is -3.35. The second-order valence-electron chi connectivity index (χ2n) is 6.26. The average molecular weight is 367 g/mol. The van der Waals surface area contributed by atoms with Gasteiger partial charge in [-0.2, -0.15) is 0 Å². The fourth-order valence-corrected chi connectivity index (χ4v) is 4.29. The number of benzene rings is 1. The molecule has 0 spiro atoms. The highest BCUT2D eigenvalue weighted by Crippen LogP contribution is 2.19. The summed E-state index contributed by atoms with van der Waals surface area (Å²) >= 11 is 0. The Morgan fingerprint density at radius 1 is 1.24 bits per heavy atom. The number of sulfone groups is 1. The van der Waals surface area contributed by atoms with Gasteiger partial charge in [-0.15, -0.1) is 0 Å². The lowest BCUT2D eigenvalue weighted by Gasteiger charge is -2.31. The summed E-state index contributed by atoms with van der Waals surface area (Å²) in [5.41, 5.74) is 0.718. The highest BCUT2D eigenvalue weighted by Gasteiger charge is 2.29. The molecule has 1 unspecified atom stereocenters. The number of hydrogen-bond acceptors (Lipinski definition) is 5. The number of amides is 1. The molecule has 1 saturated heterocycles. The Labute approximate surface area is 149 Å². The Balaban J connectivity index is 1.85. The van der Waals surface area contributed by atoms with E-state index in [0.29, 0.717) is 26.1 Å². The molecular weight excluding hydrogens is 342 g/mol. The maximum Gasteiger partial charge on any atom is 0.310 e. The Hall–Kier alpha value is -1.89. The number of carbonyl (C=O) groups is 2. The van der Waals surface area contributed by atoms with Crippen molar-refractivity contribution in [2.45, 2.75) is 31.9 Å². The van der Waals surface area contributed by atoms with Crippen molar-refractivity contribution >= 4 is 21.7 Å². The molecule has 0 aliphatic carbocycles. The molecule has 1 amide bonds. The van der Waals surface area contributed by atoms with E-state index in [1.807, 2.05) is 6.07 Å². The van der Waals surface area contributed by atoms with Crippen molar-refractivity contribution in [1.82, 2.24) is 4.90 Å². The first-order valence-electron chi connectivity index (χ1n) is 8.60. The second-order valence-corrected chi connectivity index (χ2v) is 8.44. The van der Waals surface area contributed by atoms with Gasteiger partial charge in [-0.05, 0) is 25.3 Å². The third-order valence-electron chi connectivity index (χ3n) is 4.25. The summed E-state index contributed by atoms with van der Waals surface area (Å²) in [4.78, 5) is 25.7. The molecule has 7 heteroatoms. The van der Waals surface area contributed by atoms with Crippen LogP contribution in [0.1, 0.15) is 31.7 Å². The predicted octanol–water partition coefficient (Wildman–Crippen LogP) is 1.79. The summed E-state index contributed by atoms with van der Waals surface area (Å²) in [5.74, 6) is -1.05. The van der Waals surface area contributed by atoms with Crippen molar-refractivity contribution in [1.29, 1.82) is 0 Å². The minimum absolute atomic E-state index is 0.0509. The quantitative estimate of drug-likeness (QED) is 0.687. The fraction of sp³-hybridized carbons (Fsp3) is 0.556. The summed E-state index contributed by atoms with van der Waals surface area (Å²) in [6.07, 6.45) is 1.38. The number of carbonyl (C=O) groups excluding carboxylic acids is 2. The van der Waals surface area contributed by atoms with Crippen LogP contribution < -0.4 is 0 Å². The molecule has 0 N–H and O–H groups in total. The van der Waals surface area contributed by atoms with Crippen LogP contribution in [-0.2, 0) is 29.9 Å². The number of rotatable bonds is 7. The van der Waals surface area contributed by atoms with Crippen molar-refractivity contribution in [3.8, 4) is 0 Å². The van der Waals surface area contributed by atoms with Gasteiger partial charge >= 0.3 is 5.97 Å². The van der Waals surface area contributed by atoms with Gasteiger partial charge in [-0.3, -0.25) is 9.59 Å². The molecule has 25 heavy (non-hydrogen) atoms. The largest absolute Gasteiger partial charge is 0.466 e. The molecule has 138 valence electrons. The minimum atomic E-state index is -3.35. The molecule has 0 aromatic heterocycles. The zero-order valence-corrected chi connectivity index (χ0v) is 15.3. The molecule has 1 atom stereocenters. The summed E-state index contributed by atoms with van der Waals surface area (Å²) in [5, 5.41) is 0. The number of likely N-dealkylation sites (tertiary alicyclic amines) is 1. The molecule has 1 aliphatic heterocycles. The van der Waals surface area contributed by atoms with Crippen molar-refractivity contribution in [3.05, 3.63) is 35.9 Å². The maximum atomic E-state index is 12.3. The van der Waals surface area contributed by atoms with Crippen molar-refractivity contribution in [3.63, 3.8) is 0 Å². The normalized spacial score (nSPS) is 18.0. The van der Waals surface area contributed by atoms with Gasteiger partial charge in [0.2, 0.25) is 5.91 Å². The van der Waals surface area contributed by atoms with E-state index in [1.165, 1.54) is 0 Å². The predicted molar refractivity (Wildman–Crippen MR) is 94.5 cm³/mol. The molecule has 1 aromatic carbocycles. The van der Waals surface area contributed by atoms with E-state index in [2.05, 4.69) is 0 Å². The molecular formula is C18H25NO5S. The Bertz CT molecular complexity index is 687. The van der Waals surface area contributed by atoms with Crippen molar-refractivity contribution < 1.29 is 22.7 Å². The van der Waals surface area contributed by atoms with Gasteiger partial charge in [-0.25, -0.2) is 8.42 Å². The van der Waals surface area contributed by atoms with E-state index in [-0.39, 0.29) is 35.7 Å². The lowest BCUT2D eigenvalue weighted by molar-refractivity contribution is -0.151. The summed E-state index contributed by atoms with van der Waals surface area (Å²) < 4.78 is 29.4. The highest BCUT2D eigenvalue weighted by molar-refractivity contribution is 7.90. The van der Waals surface area contributed by atoms with Crippen LogP contribution in [0, 0.1) is 5.92 Å². The Morgan fingerprint density at radius 2 is 1.96 bits per heavy atom. The molecule has 1 heterocycles. The van der Waals surface area contributed by atoms with Crippen LogP contribution in [0.5, 0.6) is 0 Å². The molecule has 0 saturated carbocycles. The van der Waals surface area contributed by atoms with Gasteiger partial charge in [-0.1, -0.05) is 30.3 Å². The highest BCUT2D eigenvalue weighted by atomic mass is 32.2. The third kappa shape index (κ3) is 6.16. The minimum Gasteiger partial charge on any atom is -0.466 e. The number of piperidine rings is 1. The first kappa shape index (κ1) is 19.4. The maximum absolute atomic E-state index is 12.3. The van der Waals surface area contributed by atoms with Crippen LogP contribution in [0.2, 0.25) is 0 Å². The van der Waals surface area contributed by atoms with E-state index in [0.717, 1.165) is 12.0 Å². The van der Waals surface area contributed by atoms with Gasteiger partial charge in [0.1, 0.15) is 0 Å². The number of ether oxygens (including phenoxy) is 1. The van der Waals surface area contributed by atoms with E-state index in [4.69, 9.17) is 4.74 Å². The van der Waals surface area contributed by atoms with Gasteiger partial charge in [0.05, 0.1) is 24.0 Å². The number of esters is 1. The standard InChI is InChI=1S/C18H25NO5S/c1-2-24-18(21)16-9-6-11-19(13-16)17(20)10-12-25(22,23)14-15-7-4-3-5-8-15/h3-5,7-8,16H,2,6,9-14H2,1H3. The first-order valence-corrected chi connectivity index (χ1v) is 10.4.